The van der Waals surface area contributed by atoms with Crippen molar-refractivity contribution in [3.05, 3.63) is 59.9 Å². The van der Waals surface area contributed by atoms with Gasteiger partial charge in [0.25, 0.3) is 0 Å². The number of benzene rings is 2. The van der Waals surface area contributed by atoms with E-state index < -0.39 is 0 Å². The number of thioether (sulfide) groups is 1. The number of aromatic amines is 1. The zero-order chi connectivity index (χ0) is 17.5. The van der Waals surface area contributed by atoms with E-state index in [2.05, 4.69) is 21.3 Å². The number of H-pyrrole nitrogens is 1. The maximum absolute atomic E-state index is 13.7. The smallest absolute Gasteiger partial charge is 0.208 e. The lowest BCUT2D eigenvalue weighted by atomic mass is 10.2. The highest BCUT2D eigenvalue weighted by Gasteiger charge is 2.10. The molecule has 25 heavy (non-hydrogen) atoms. The van der Waals surface area contributed by atoms with Crippen LogP contribution in [0.2, 0.25) is 0 Å². The Morgan fingerprint density at radius 3 is 2.72 bits per heavy atom. The zero-order valence-corrected chi connectivity index (χ0v) is 14.1. The van der Waals surface area contributed by atoms with Gasteiger partial charge in [-0.25, -0.2) is 9.37 Å². The lowest BCUT2D eigenvalue weighted by molar-refractivity contribution is 0.344. The fourth-order valence-electron chi connectivity index (χ4n) is 2.17. The van der Waals surface area contributed by atoms with Crippen molar-refractivity contribution in [2.75, 3.05) is 12.4 Å². The number of halogens is 1. The van der Waals surface area contributed by atoms with Crippen LogP contribution in [0, 0.1) is 17.1 Å². The van der Waals surface area contributed by atoms with E-state index in [0.717, 1.165) is 11.3 Å². The van der Waals surface area contributed by atoms with Crippen molar-refractivity contribution in [1.82, 2.24) is 15.2 Å². The lowest BCUT2D eigenvalue weighted by Gasteiger charge is -2.05. The Kier molecular flexibility index (Phi) is 5.65. The number of nitriles is 1. The summed E-state index contributed by atoms with van der Waals surface area (Å²) in [6.45, 7) is 0.492. The predicted molar refractivity (Wildman–Crippen MR) is 93.8 cm³/mol. The Labute approximate surface area is 148 Å². The maximum Gasteiger partial charge on any atom is 0.208 e. The van der Waals surface area contributed by atoms with Crippen molar-refractivity contribution >= 4 is 11.8 Å². The molecule has 1 aromatic heterocycles. The number of nitrogens with zero attached hydrogens (tertiary/aromatic N) is 3. The first-order valence-electron chi connectivity index (χ1n) is 7.65. The topological polar surface area (TPSA) is 74.6 Å². The first-order valence-corrected chi connectivity index (χ1v) is 8.63. The minimum atomic E-state index is -0.335. The Morgan fingerprint density at radius 2 is 1.96 bits per heavy atom. The molecule has 0 aliphatic heterocycles. The number of aromatic nitrogens is 3. The van der Waals surface area contributed by atoms with E-state index in [0.29, 0.717) is 35.3 Å². The second kappa shape index (κ2) is 8.31. The highest BCUT2D eigenvalue weighted by Crippen LogP contribution is 2.21. The van der Waals surface area contributed by atoms with Gasteiger partial charge in [0.1, 0.15) is 11.6 Å². The number of nitrogens with one attached hydrogen (secondary N) is 1. The number of hydrogen-bond acceptors (Lipinski definition) is 5. The summed E-state index contributed by atoms with van der Waals surface area (Å²) in [5.41, 5.74) is 1.36. The van der Waals surface area contributed by atoms with Gasteiger partial charge in [-0.05, 0) is 29.8 Å². The molecule has 1 heterocycles. The van der Waals surface area contributed by atoms with E-state index in [4.69, 9.17) is 10.00 Å². The molecule has 7 heteroatoms. The highest BCUT2D eigenvalue weighted by atomic mass is 32.2. The van der Waals surface area contributed by atoms with Crippen LogP contribution in [0.4, 0.5) is 4.39 Å². The summed E-state index contributed by atoms with van der Waals surface area (Å²) in [6.07, 6.45) is 0.394. The van der Waals surface area contributed by atoms with Crippen LogP contribution in [-0.2, 0) is 6.42 Å². The molecule has 0 radical (unpaired) electrons. The normalized spacial score (nSPS) is 10.4. The van der Waals surface area contributed by atoms with Gasteiger partial charge in [-0.15, -0.1) is 5.10 Å². The summed E-state index contributed by atoms with van der Waals surface area (Å²) in [6, 6.07) is 16.0. The van der Waals surface area contributed by atoms with E-state index in [1.807, 2.05) is 24.3 Å². The van der Waals surface area contributed by atoms with Crippen LogP contribution in [0.15, 0.2) is 53.7 Å². The third kappa shape index (κ3) is 4.58. The van der Waals surface area contributed by atoms with Crippen LogP contribution in [0.3, 0.4) is 0 Å². The van der Waals surface area contributed by atoms with Crippen LogP contribution in [-0.4, -0.2) is 27.5 Å². The maximum atomic E-state index is 13.7. The predicted octanol–water partition coefficient (Wildman–Crippen LogP) is 3.85. The first kappa shape index (κ1) is 17.0. The summed E-state index contributed by atoms with van der Waals surface area (Å²) in [5.74, 6) is 1.49. The minimum Gasteiger partial charge on any atom is -0.493 e. The molecule has 0 atom stereocenters. The molecule has 126 valence electrons. The van der Waals surface area contributed by atoms with Gasteiger partial charge < -0.3 is 4.74 Å². The van der Waals surface area contributed by atoms with E-state index in [1.54, 1.807) is 18.2 Å². The molecule has 0 spiro atoms. The standard InChI is InChI=1S/C18H15FN4OS/c19-16-4-2-1-3-15(16)17-21-18(23-22-17)25-12-11-24-14-7-5-13(6-8-14)9-10-20/h1-8H,9,11-12H2,(H,21,22,23). The molecule has 0 fully saturated rings. The Balaban J connectivity index is 1.48. The van der Waals surface area contributed by atoms with Crippen LogP contribution >= 0.6 is 11.8 Å². The minimum absolute atomic E-state index is 0.335. The van der Waals surface area contributed by atoms with E-state index in [1.165, 1.54) is 17.8 Å². The fraction of sp³-hybridized carbons (Fsp3) is 0.167. The van der Waals surface area contributed by atoms with E-state index >= 15 is 0 Å². The summed E-state index contributed by atoms with van der Waals surface area (Å²) in [5, 5.41) is 16.0. The van der Waals surface area contributed by atoms with Crippen molar-refractivity contribution in [3.8, 4) is 23.2 Å². The summed E-state index contributed by atoms with van der Waals surface area (Å²) in [4.78, 5) is 4.29. The molecule has 3 rings (SSSR count). The quantitative estimate of drug-likeness (QED) is 0.515. The summed E-state index contributed by atoms with van der Waals surface area (Å²) >= 11 is 1.43. The van der Waals surface area contributed by atoms with Crippen molar-refractivity contribution < 1.29 is 9.13 Å². The molecule has 0 unspecified atom stereocenters. The molecular weight excluding hydrogens is 339 g/mol. The second-order valence-electron chi connectivity index (χ2n) is 5.12. The SMILES string of the molecule is N#CCc1ccc(OCCSc2n[nH]c(-c3ccccc3F)n2)cc1. The van der Waals surface area contributed by atoms with Crippen molar-refractivity contribution in [2.45, 2.75) is 11.6 Å². The number of hydrogen-bond donors (Lipinski definition) is 1. The van der Waals surface area contributed by atoms with E-state index in [-0.39, 0.29) is 5.82 Å². The van der Waals surface area contributed by atoms with Crippen LogP contribution in [0.5, 0.6) is 5.75 Å². The molecule has 1 N–H and O–H groups in total. The van der Waals surface area contributed by atoms with Gasteiger partial charge in [-0.2, -0.15) is 5.26 Å². The molecule has 0 saturated carbocycles. The monoisotopic (exact) mass is 354 g/mol. The average molecular weight is 354 g/mol. The molecule has 0 aliphatic carbocycles. The van der Waals surface area contributed by atoms with Crippen LogP contribution < -0.4 is 4.74 Å². The summed E-state index contributed by atoms with van der Waals surface area (Å²) in [7, 11) is 0. The Hall–Kier alpha value is -2.85. The third-order valence-corrected chi connectivity index (χ3v) is 4.20. The molecule has 0 saturated heterocycles. The fourth-order valence-corrected chi connectivity index (χ4v) is 2.79. The average Bonchev–Trinajstić information content (AvgIpc) is 3.09. The third-order valence-electron chi connectivity index (χ3n) is 3.38. The van der Waals surface area contributed by atoms with Crippen LogP contribution in [0.25, 0.3) is 11.4 Å². The Bertz CT molecular complexity index is 873. The van der Waals surface area contributed by atoms with E-state index in [9.17, 15) is 4.39 Å². The number of ether oxygens (including phenoxy) is 1. The van der Waals surface area contributed by atoms with Gasteiger partial charge in [-0.3, -0.25) is 5.10 Å². The van der Waals surface area contributed by atoms with Gasteiger partial charge in [-0.1, -0.05) is 36.0 Å². The number of rotatable bonds is 7. The summed E-state index contributed by atoms with van der Waals surface area (Å²) < 4.78 is 19.4. The van der Waals surface area contributed by atoms with Gasteiger partial charge >= 0.3 is 0 Å². The molecule has 0 bridgehead atoms. The van der Waals surface area contributed by atoms with Gasteiger partial charge in [0.15, 0.2) is 5.82 Å². The molecular formula is C18H15FN4OS. The largest absolute Gasteiger partial charge is 0.493 e. The van der Waals surface area contributed by atoms with Crippen LogP contribution in [0.1, 0.15) is 5.56 Å². The molecule has 0 amide bonds. The lowest BCUT2D eigenvalue weighted by Crippen LogP contribution is -2.00. The van der Waals surface area contributed by atoms with Gasteiger partial charge in [0.2, 0.25) is 5.16 Å². The first-order chi connectivity index (χ1) is 12.3. The van der Waals surface area contributed by atoms with Gasteiger partial charge in [0, 0.05) is 5.75 Å². The second-order valence-corrected chi connectivity index (χ2v) is 6.18. The molecule has 2 aromatic carbocycles. The molecule has 0 aliphatic rings. The Morgan fingerprint density at radius 1 is 1.16 bits per heavy atom. The molecule has 5 nitrogen and oxygen atoms in total. The van der Waals surface area contributed by atoms with Crippen molar-refractivity contribution in [3.63, 3.8) is 0 Å². The molecule has 3 aromatic rings. The van der Waals surface area contributed by atoms with Crippen molar-refractivity contribution in [1.29, 1.82) is 5.26 Å². The zero-order valence-electron chi connectivity index (χ0n) is 13.3. The van der Waals surface area contributed by atoms with Gasteiger partial charge in [0.05, 0.1) is 24.7 Å². The van der Waals surface area contributed by atoms with Crippen molar-refractivity contribution in [2.24, 2.45) is 0 Å². The highest BCUT2D eigenvalue weighted by molar-refractivity contribution is 7.99.